The van der Waals surface area contributed by atoms with E-state index in [4.69, 9.17) is 0 Å². The maximum atomic E-state index is 4.15. The van der Waals surface area contributed by atoms with Gasteiger partial charge in [-0.3, -0.25) is 4.90 Å². The molecular weight excluding hydrogens is 304 g/mol. The number of likely N-dealkylation sites (tertiary alicyclic amines) is 1. The first-order valence-corrected chi connectivity index (χ1v) is 9.48. The van der Waals surface area contributed by atoms with Gasteiger partial charge in [0.05, 0.1) is 5.69 Å². The first kappa shape index (κ1) is 15.2. The highest BCUT2D eigenvalue weighted by Crippen LogP contribution is 2.37. The van der Waals surface area contributed by atoms with Crippen LogP contribution in [0.25, 0.3) is 0 Å². The Labute approximate surface area is 142 Å². The molecule has 122 valence electrons. The van der Waals surface area contributed by atoms with Crippen LogP contribution in [0.1, 0.15) is 30.5 Å². The van der Waals surface area contributed by atoms with Crippen molar-refractivity contribution in [3.63, 3.8) is 0 Å². The summed E-state index contributed by atoms with van der Waals surface area (Å²) >= 11 is 1.44. The molecule has 1 aromatic carbocycles. The van der Waals surface area contributed by atoms with Crippen molar-refractivity contribution < 1.29 is 0 Å². The number of hydrogen-bond donors (Lipinski definition) is 1. The van der Waals surface area contributed by atoms with Crippen molar-refractivity contribution in [1.82, 2.24) is 19.8 Å². The second-order valence-corrected chi connectivity index (χ2v) is 7.53. The van der Waals surface area contributed by atoms with Crippen molar-refractivity contribution in [1.29, 1.82) is 0 Å². The Morgan fingerprint density at radius 1 is 1.17 bits per heavy atom. The SMILES string of the molecule is c1ccc(CN2C[C@@H]3CCC[C@H](NCc4csnn4)[C@@H]3C2)cc1. The molecule has 3 atom stereocenters. The molecule has 23 heavy (non-hydrogen) atoms. The van der Waals surface area contributed by atoms with Crippen molar-refractivity contribution >= 4 is 11.5 Å². The molecule has 2 heterocycles. The molecule has 0 spiro atoms. The molecular formula is C18H24N4S. The summed E-state index contributed by atoms with van der Waals surface area (Å²) in [7, 11) is 0. The van der Waals surface area contributed by atoms with Crippen LogP contribution in [0.3, 0.4) is 0 Å². The van der Waals surface area contributed by atoms with Crippen LogP contribution in [0.15, 0.2) is 35.7 Å². The number of rotatable bonds is 5. The monoisotopic (exact) mass is 328 g/mol. The minimum absolute atomic E-state index is 0.635. The van der Waals surface area contributed by atoms with E-state index in [1.807, 2.05) is 5.38 Å². The first-order valence-electron chi connectivity index (χ1n) is 8.64. The van der Waals surface area contributed by atoms with Gasteiger partial charge in [0, 0.05) is 37.6 Å². The highest BCUT2D eigenvalue weighted by Gasteiger charge is 2.39. The van der Waals surface area contributed by atoms with E-state index in [1.165, 1.54) is 49.4 Å². The van der Waals surface area contributed by atoms with Crippen molar-refractivity contribution in [2.75, 3.05) is 13.1 Å². The van der Waals surface area contributed by atoms with E-state index in [1.54, 1.807) is 0 Å². The van der Waals surface area contributed by atoms with Gasteiger partial charge in [-0.2, -0.15) is 0 Å². The van der Waals surface area contributed by atoms with Gasteiger partial charge in [0.1, 0.15) is 0 Å². The lowest BCUT2D eigenvalue weighted by Crippen LogP contribution is -2.42. The summed E-state index contributed by atoms with van der Waals surface area (Å²) in [5.41, 5.74) is 2.51. The Bertz CT molecular complexity index is 601. The van der Waals surface area contributed by atoms with Crippen molar-refractivity contribution in [2.45, 2.75) is 38.4 Å². The molecule has 1 aromatic heterocycles. The molecule has 1 aliphatic heterocycles. The third-order valence-corrected chi connectivity index (χ3v) is 5.93. The van der Waals surface area contributed by atoms with E-state index in [-0.39, 0.29) is 0 Å². The van der Waals surface area contributed by atoms with Crippen LogP contribution in [0.5, 0.6) is 0 Å². The summed E-state index contributed by atoms with van der Waals surface area (Å²) in [6.07, 6.45) is 4.05. The third kappa shape index (κ3) is 3.62. The predicted molar refractivity (Wildman–Crippen MR) is 93.1 cm³/mol. The number of benzene rings is 1. The van der Waals surface area contributed by atoms with Crippen LogP contribution in [-0.4, -0.2) is 33.6 Å². The standard InChI is InChI=1S/C18H24N4S/c1-2-5-14(6-3-1)10-22-11-15-7-4-8-18(17(15)12-22)19-9-16-13-23-21-20-16/h1-3,5-6,13,15,17-19H,4,7-12H2/t15-,17+,18-/m0/s1. The second-order valence-electron chi connectivity index (χ2n) is 6.92. The Morgan fingerprint density at radius 3 is 2.91 bits per heavy atom. The molecule has 1 saturated carbocycles. The molecule has 1 aliphatic carbocycles. The van der Waals surface area contributed by atoms with Crippen molar-refractivity contribution in [2.24, 2.45) is 11.8 Å². The van der Waals surface area contributed by atoms with Crippen LogP contribution in [0.2, 0.25) is 0 Å². The lowest BCUT2D eigenvalue weighted by molar-refractivity contribution is 0.221. The van der Waals surface area contributed by atoms with Gasteiger partial charge in [-0.1, -0.05) is 41.2 Å². The summed E-state index contributed by atoms with van der Waals surface area (Å²) in [5, 5.41) is 9.96. The molecule has 4 rings (SSSR count). The largest absolute Gasteiger partial charge is 0.308 e. The van der Waals surface area contributed by atoms with Crippen molar-refractivity contribution in [3.05, 3.63) is 47.0 Å². The van der Waals surface area contributed by atoms with Gasteiger partial charge in [-0.25, -0.2) is 0 Å². The highest BCUT2D eigenvalue weighted by molar-refractivity contribution is 7.03. The second kappa shape index (κ2) is 7.07. The zero-order valence-electron chi connectivity index (χ0n) is 13.4. The number of fused-ring (bicyclic) bond motifs is 1. The maximum absolute atomic E-state index is 4.15. The summed E-state index contributed by atoms with van der Waals surface area (Å²) in [4.78, 5) is 2.65. The number of nitrogens with one attached hydrogen (secondary N) is 1. The highest BCUT2D eigenvalue weighted by atomic mass is 32.1. The lowest BCUT2D eigenvalue weighted by atomic mass is 9.78. The minimum atomic E-state index is 0.635. The minimum Gasteiger partial charge on any atom is -0.308 e. The zero-order chi connectivity index (χ0) is 15.5. The average Bonchev–Trinajstić information content (AvgIpc) is 3.23. The van der Waals surface area contributed by atoms with E-state index < -0.39 is 0 Å². The molecule has 2 aromatic rings. The molecule has 2 fully saturated rings. The number of hydrogen-bond acceptors (Lipinski definition) is 5. The summed E-state index contributed by atoms with van der Waals surface area (Å²) in [6, 6.07) is 11.5. The predicted octanol–water partition coefficient (Wildman–Crippen LogP) is 2.93. The van der Waals surface area contributed by atoms with E-state index >= 15 is 0 Å². The Morgan fingerprint density at radius 2 is 2.09 bits per heavy atom. The molecule has 0 amide bonds. The quantitative estimate of drug-likeness (QED) is 0.916. The van der Waals surface area contributed by atoms with Gasteiger partial charge >= 0.3 is 0 Å². The van der Waals surface area contributed by atoms with Crippen LogP contribution in [0, 0.1) is 11.8 Å². The smallest absolute Gasteiger partial charge is 0.0893 e. The third-order valence-electron chi connectivity index (χ3n) is 5.37. The average molecular weight is 328 g/mol. The molecule has 5 heteroatoms. The van der Waals surface area contributed by atoms with E-state index in [0.29, 0.717) is 6.04 Å². The normalized spacial score (nSPS) is 27.9. The fourth-order valence-electron chi connectivity index (χ4n) is 4.28. The van der Waals surface area contributed by atoms with Crippen molar-refractivity contribution in [3.8, 4) is 0 Å². The summed E-state index contributed by atoms with van der Waals surface area (Å²) in [5.74, 6) is 1.65. The van der Waals surface area contributed by atoms with Gasteiger partial charge in [-0.05, 0) is 41.8 Å². The zero-order valence-corrected chi connectivity index (χ0v) is 14.2. The number of aromatic nitrogens is 2. The van der Waals surface area contributed by atoms with Crippen LogP contribution in [0.4, 0.5) is 0 Å². The fraction of sp³-hybridized carbons (Fsp3) is 0.556. The molecule has 4 nitrogen and oxygen atoms in total. The van der Waals surface area contributed by atoms with Gasteiger partial charge in [0.2, 0.25) is 0 Å². The number of nitrogens with zero attached hydrogens (tertiary/aromatic N) is 3. The Kier molecular flexibility index (Phi) is 4.69. The van der Waals surface area contributed by atoms with E-state index in [0.717, 1.165) is 30.6 Å². The van der Waals surface area contributed by atoms with Crippen LogP contribution in [-0.2, 0) is 13.1 Å². The van der Waals surface area contributed by atoms with Crippen LogP contribution >= 0.6 is 11.5 Å². The topological polar surface area (TPSA) is 41.0 Å². The molecule has 2 aliphatic rings. The molecule has 1 saturated heterocycles. The summed E-state index contributed by atoms with van der Waals surface area (Å²) < 4.78 is 3.95. The van der Waals surface area contributed by atoms with Gasteiger partial charge < -0.3 is 5.32 Å². The summed E-state index contributed by atoms with van der Waals surface area (Å²) in [6.45, 7) is 4.45. The van der Waals surface area contributed by atoms with Crippen LogP contribution < -0.4 is 5.32 Å². The van der Waals surface area contributed by atoms with Gasteiger partial charge in [0.15, 0.2) is 0 Å². The Balaban J connectivity index is 1.36. The van der Waals surface area contributed by atoms with Gasteiger partial charge in [-0.15, -0.1) is 5.10 Å². The molecule has 1 N–H and O–H groups in total. The molecule has 0 radical (unpaired) electrons. The first-order chi connectivity index (χ1) is 11.4. The van der Waals surface area contributed by atoms with E-state index in [2.05, 4.69) is 50.1 Å². The maximum Gasteiger partial charge on any atom is 0.0893 e. The Hall–Kier alpha value is -1.30. The fourth-order valence-corrected chi connectivity index (χ4v) is 4.74. The molecule has 0 unspecified atom stereocenters. The van der Waals surface area contributed by atoms with Gasteiger partial charge in [0.25, 0.3) is 0 Å². The van der Waals surface area contributed by atoms with E-state index in [9.17, 15) is 0 Å². The molecule has 0 bridgehead atoms. The lowest BCUT2D eigenvalue weighted by Gasteiger charge is -2.33.